The first-order valence-corrected chi connectivity index (χ1v) is 14.9. The SMILES string of the molecule is C=NN(c1nc(Cl)nc(NC2CCCC2)c1C)[C@@H]1O[C@H](CS(=O)(=O)C(CC)P(=O)(O)O)[C@@H](O)[C@H]1O. The summed E-state index contributed by atoms with van der Waals surface area (Å²) in [4.78, 5) is 25.3. The van der Waals surface area contributed by atoms with Crippen molar-refractivity contribution < 1.29 is 37.7 Å². The number of nitrogens with one attached hydrogen (secondary N) is 1. The fourth-order valence-electron chi connectivity index (χ4n) is 4.48. The minimum atomic E-state index is -4.97. The molecule has 2 heterocycles. The lowest BCUT2D eigenvalue weighted by atomic mass is 10.1. The summed E-state index contributed by atoms with van der Waals surface area (Å²) in [7, 11) is -9.38. The van der Waals surface area contributed by atoms with Crippen molar-refractivity contribution in [3.63, 3.8) is 0 Å². The van der Waals surface area contributed by atoms with E-state index in [-0.39, 0.29) is 23.6 Å². The molecule has 35 heavy (non-hydrogen) atoms. The molecule has 5 atom stereocenters. The largest absolute Gasteiger partial charge is 0.387 e. The molecular weight excluding hydrogens is 525 g/mol. The van der Waals surface area contributed by atoms with Gasteiger partial charge in [-0.3, -0.25) is 4.57 Å². The molecule has 16 heteroatoms. The average molecular weight is 556 g/mol. The second-order valence-corrected chi connectivity index (χ2v) is 13.4. The average Bonchev–Trinajstić information content (AvgIpc) is 3.35. The number of hydrogen-bond acceptors (Lipinski definition) is 11. The van der Waals surface area contributed by atoms with Crippen molar-refractivity contribution in [1.82, 2.24) is 9.97 Å². The van der Waals surface area contributed by atoms with Crippen LogP contribution in [-0.2, 0) is 19.1 Å². The fraction of sp³-hybridized carbons (Fsp3) is 0.737. The highest BCUT2D eigenvalue weighted by Gasteiger charge is 2.50. The number of halogens is 1. The topological polar surface area (TPSA) is 195 Å². The van der Waals surface area contributed by atoms with E-state index in [0.717, 1.165) is 30.7 Å². The zero-order valence-corrected chi connectivity index (χ0v) is 21.8. The van der Waals surface area contributed by atoms with Gasteiger partial charge in [-0.1, -0.05) is 19.8 Å². The summed E-state index contributed by atoms with van der Waals surface area (Å²) >= 11 is 6.13. The van der Waals surface area contributed by atoms with Gasteiger partial charge in [0, 0.05) is 18.3 Å². The smallest absolute Gasteiger partial charge is 0.343 e. The van der Waals surface area contributed by atoms with Crippen molar-refractivity contribution in [3.8, 4) is 0 Å². The second kappa shape index (κ2) is 10.9. The Balaban J connectivity index is 1.87. The van der Waals surface area contributed by atoms with Crippen LogP contribution in [0.4, 0.5) is 11.6 Å². The Hall–Kier alpha value is -1.38. The van der Waals surface area contributed by atoms with Crippen molar-refractivity contribution in [1.29, 1.82) is 0 Å². The van der Waals surface area contributed by atoms with Crippen LogP contribution in [0.2, 0.25) is 5.28 Å². The molecule has 1 saturated heterocycles. The van der Waals surface area contributed by atoms with Crippen LogP contribution in [0.3, 0.4) is 0 Å². The number of nitrogens with zero attached hydrogens (tertiary/aromatic N) is 4. The number of rotatable bonds is 10. The van der Waals surface area contributed by atoms with Gasteiger partial charge in [0.25, 0.3) is 0 Å². The van der Waals surface area contributed by atoms with E-state index in [9.17, 15) is 33.0 Å². The quantitative estimate of drug-likeness (QED) is 0.119. The maximum Gasteiger partial charge on any atom is 0.343 e. The predicted molar refractivity (Wildman–Crippen MR) is 130 cm³/mol. The molecule has 1 aromatic heterocycles. The van der Waals surface area contributed by atoms with Gasteiger partial charge in [0.1, 0.15) is 24.1 Å². The number of aliphatic hydroxyl groups is 2. The third kappa shape index (κ3) is 6.13. The molecular formula is C19H31ClN5O8PS. The molecule has 0 radical (unpaired) electrons. The summed E-state index contributed by atoms with van der Waals surface area (Å²) in [5.41, 5.74) is 0.516. The van der Waals surface area contributed by atoms with Crippen LogP contribution in [0.5, 0.6) is 0 Å². The van der Waals surface area contributed by atoms with Gasteiger partial charge in [0.05, 0.1) is 5.75 Å². The van der Waals surface area contributed by atoms with Crippen LogP contribution >= 0.6 is 19.2 Å². The summed E-state index contributed by atoms with van der Waals surface area (Å²) in [6.45, 7) is 6.50. The first-order chi connectivity index (χ1) is 16.3. The molecule has 2 aliphatic rings. The minimum absolute atomic E-state index is 0.112. The zero-order chi connectivity index (χ0) is 26.1. The van der Waals surface area contributed by atoms with Crippen LogP contribution in [-0.4, -0.2) is 86.4 Å². The predicted octanol–water partition coefficient (Wildman–Crippen LogP) is 0.990. The number of anilines is 2. The molecule has 3 rings (SSSR count). The fourth-order valence-corrected chi connectivity index (χ4v) is 8.52. The first-order valence-electron chi connectivity index (χ1n) is 11.1. The maximum absolute atomic E-state index is 12.7. The Morgan fingerprint density at radius 3 is 2.46 bits per heavy atom. The molecule has 0 aromatic carbocycles. The Bertz CT molecular complexity index is 1080. The minimum Gasteiger partial charge on any atom is -0.387 e. The number of aliphatic hydroxyl groups excluding tert-OH is 2. The van der Waals surface area contributed by atoms with Crippen molar-refractivity contribution in [2.24, 2.45) is 5.10 Å². The van der Waals surface area contributed by atoms with Gasteiger partial charge in [-0.05, 0) is 37.8 Å². The maximum atomic E-state index is 12.7. The normalized spacial score (nSPS) is 26.6. The van der Waals surface area contributed by atoms with Gasteiger partial charge >= 0.3 is 7.60 Å². The Morgan fingerprint density at radius 1 is 1.29 bits per heavy atom. The standard InChI is InChI=1S/C19H31ClN5O8PS/c1-4-13(34(28,29)30)35(31,32)9-12-14(26)15(27)18(33-12)25(21-3)17-10(2)16(23-19(20)24-17)22-11-7-5-6-8-11/h11-15,18,26-27H,3-9H2,1-2H3,(H,22,23,24)(H2,28,29,30)/t12-,13?,14-,15-,18-/m1/s1. The summed E-state index contributed by atoms with van der Waals surface area (Å²) < 4.78 is 42.7. The van der Waals surface area contributed by atoms with Crippen LogP contribution in [0.15, 0.2) is 5.10 Å². The monoisotopic (exact) mass is 555 g/mol. The highest BCUT2D eigenvalue weighted by atomic mass is 35.5. The highest BCUT2D eigenvalue weighted by molar-refractivity contribution is 7.98. The molecule has 1 saturated carbocycles. The summed E-state index contributed by atoms with van der Waals surface area (Å²) in [6.07, 6.45) is -2.43. The summed E-state index contributed by atoms with van der Waals surface area (Å²) in [5, 5.41) is 29.3. The van der Waals surface area contributed by atoms with Crippen LogP contribution in [0.1, 0.15) is 44.6 Å². The van der Waals surface area contributed by atoms with E-state index in [0.29, 0.717) is 11.4 Å². The Kier molecular flexibility index (Phi) is 8.81. The first kappa shape index (κ1) is 28.2. The number of hydrogen-bond donors (Lipinski definition) is 5. The van der Waals surface area contributed by atoms with Crippen molar-refractivity contribution in [3.05, 3.63) is 10.8 Å². The third-order valence-corrected chi connectivity index (χ3v) is 11.3. The highest BCUT2D eigenvalue weighted by Crippen LogP contribution is 2.46. The lowest BCUT2D eigenvalue weighted by Crippen LogP contribution is -2.42. The lowest BCUT2D eigenvalue weighted by Gasteiger charge is -2.28. The van der Waals surface area contributed by atoms with E-state index in [1.54, 1.807) is 6.92 Å². The third-order valence-electron chi connectivity index (χ3n) is 6.27. The van der Waals surface area contributed by atoms with E-state index in [2.05, 4.69) is 27.1 Å². The molecule has 0 bridgehead atoms. The lowest BCUT2D eigenvalue weighted by molar-refractivity contribution is 0.0153. The molecule has 0 amide bonds. The Morgan fingerprint density at radius 2 is 1.91 bits per heavy atom. The molecule has 1 aliphatic heterocycles. The van der Waals surface area contributed by atoms with E-state index >= 15 is 0 Å². The van der Waals surface area contributed by atoms with Crippen LogP contribution in [0.25, 0.3) is 0 Å². The number of sulfone groups is 1. The van der Waals surface area contributed by atoms with Gasteiger partial charge in [-0.2, -0.15) is 10.1 Å². The zero-order valence-electron chi connectivity index (χ0n) is 19.4. The number of hydrazone groups is 1. The molecule has 1 aromatic rings. The van der Waals surface area contributed by atoms with Gasteiger partial charge in [0.15, 0.2) is 26.9 Å². The molecule has 198 valence electrons. The van der Waals surface area contributed by atoms with Crippen molar-refractivity contribution in [2.75, 3.05) is 16.1 Å². The van der Waals surface area contributed by atoms with Crippen molar-refractivity contribution in [2.45, 2.75) is 81.5 Å². The Labute approximate surface area is 208 Å². The summed E-state index contributed by atoms with van der Waals surface area (Å²) in [6, 6.07) is 0.211. The van der Waals surface area contributed by atoms with E-state index in [1.807, 2.05) is 0 Å². The molecule has 13 nitrogen and oxygen atoms in total. The number of ether oxygens (including phenoxy) is 1. The molecule has 0 spiro atoms. The van der Waals surface area contributed by atoms with Crippen LogP contribution in [0, 0.1) is 6.92 Å². The molecule has 1 unspecified atom stereocenters. The molecule has 5 N–H and O–H groups in total. The second-order valence-electron chi connectivity index (χ2n) is 8.73. The molecule has 2 fully saturated rings. The van der Waals surface area contributed by atoms with Crippen LogP contribution < -0.4 is 10.3 Å². The van der Waals surface area contributed by atoms with Gasteiger partial charge in [0.2, 0.25) is 5.28 Å². The van der Waals surface area contributed by atoms with Gasteiger partial charge in [-0.25, -0.2) is 18.4 Å². The van der Waals surface area contributed by atoms with E-state index in [1.165, 1.54) is 6.92 Å². The van der Waals surface area contributed by atoms with Gasteiger partial charge < -0.3 is 30.1 Å². The van der Waals surface area contributed by atoms with E-state index in [4.69, 9.17) is 16.3 Å². The van der Waals surface area contributed by atoms with E-state index < -0.39 is 52.7 Å². The number of aromatic nitrogens is 2. The van der Waals surface area contributed by atoms with Gasteiger partial charge in [-0.15, -0.1) is 0 Å². The molecule has 1 aliphatic carbocycles. The summed E-state index contributed by atoms with van der Waals surface area (Å²) in [5.74, 6) is -0.337. The van der Waals surface area contributed by atoms with Crippen molar-refractivity contribution >= 4 is 47.4 Å².